The number of rotatable bonds is 5. The second-order valence-corrected chi connectivity index (χ2v) is 6.12. The Kier molecular flexibility index (Phi) is 5.07. The molecule has 2 aromatic rings. The minimum Gasteiger partial charge on any atom is -0.310 e. The van der Waals surface area contributed by atoms with E-state index >= 15 is 0 Å². The van der Waals surface area contributed by atoms with Crippen LogP contribution in [0.5, 0.6) is 0 Å². The molecular formula is C14H13ClF3NS. The van der Waals surface area contributed by atoms with Crippen molar-refractivity contribution in [3.63, 3.8) is 0 Å². The first-order valence-electron chi connectivity index (χ1n) is 6.13. The van der Waals surface area contributed by atoms with Gasteiger partial charge in [-0.05, 0) is 36.4 Å². The summed E-state index contributed by atoms with van der Waals surface area (Å²) < 4.78 is 40.3. The largest absolute Gasteiger partial charge is 0.310 e. The molecular weight excluding hydrogens is 307 g/mol. The summed E-state index contributed by atoms with van der Waals surface area (Å²) in [4.78, 5) is 0.992. The van der Waals surface area contributed by atoms with Crippen molar-refractivity contribution in [1.29, 1.82) is 0 Å². The van der Waals surface area contributed by atoms with Crippen LogP contribution >= 0.6 is 22.9 Å². The van der Waals surface area contributed by atoms with Crippen LogP contribution in [0.1, 0.15) is 23.4 Å². The maximum Gasteiger partial charge on any atom is 0.194 e. The Bertz CT molecular complexity index is 577. The lowest BCUT2D eigenvalue weighted by Gasteiger charge is -2.18. The van der Waals surface area contributed by atoms with Crippen molar-refractivity contribution in [2.45, 2.75) is 19.4 Å². The van der Waals surface area contributed by atoms with Gasteiger partial charge in [0, 0.05) is 17.3 Å². The summed E-state index contributed by atoms with van der Waals surface area (Å²) in [5, 5.41) is 3.14. The maximum absolute atomic E-state index is 13.3. The average molecular weight is 320 g/mol. The van der Waals surface area contributed by atoms with Crippen LogP contribution in [-0.4, -0.2) is 6.54 Å². The van der Waals surface area contributed by atoms with Crippen molar-refractivity contribution < 1.29 is 13.2 Å². The quantitative estimate of drug-likeness (QED) is 0.787. The Morgan fingerprint density at radius 1 is 1.20 bits per heavy atom. The molecule has 0 amide bonds. The monoisotopic (exact) mass is 319 g/mol. The van der Waals surface area contributed by atoms with Gasteiger partial charge in [-0.3, -0.25) is 0 Å². The molecule has 0 aliphatic rings. The van der Waals surface area contributed by atoms with Crippen LogP contribution < -0.4 is 5.32 Å². The fourth-order valence-electron chi connectivity index (χ4n) is 1.99. The molecule has 1 atom stereocenters. The van der Waals surface area contributed by atoms with E-state index in [1.54, 1.807) is 6.07 Å². The summed E-state index contributed by atoms with van der Waals surface area (Å²) in [6.07, 6.45) is 0.537. The summed E-state index contributed by atoms with van der Waals surface area (Å²) in [6, 6.07) is 5.41. The van der Waals surface area contributed by atoms with Gasteiger partial charge in [0.15, 0.2) is 17.5 Å². The summed E-state index contributed by atoms with van der Waals surface area (Å²) in [5.74, 6) is -3.79. The highest BCUT2D eigenvalue weighted by Crippen LogP contribution is 2.28. The van der Waals surface area contributed by atoms with E-state index < -0.39 is 17.5 Å². The molecule has 0 saturated heterocycles. The number of benzene rings is 1. The molecule has 0 bridgehead atoms. The van der Waals surface area contributed by atoms with Crippen LogP contribution in [0.2, 0.25) is 4.34 Å². The Balaban J connectivity index is 2.28. The zero-order valence-corrected chi connectivity index (χ0v) is 12.3. The number of likely N-dealkylation sites (N-methyl/N-ethyl adjacent to an activating group) is 1. The van der Waals surface area contributed by atoms with E-state index in [1.165, 1.54) is 11.3 Å². The third kappa shape index (κ3) is 3.53. The zero-order chi connectivity index (χ0) is 14.7. The minimum absolute atomic E-state index is 0.292. The molecule has 0 aliphatic carbocycles. The lowest BCUT2D eigenvalue weighted by molar-refractivity contribution is 0.439. The first-order valence-corrected chi connectivity index (χ1v) is 7.32. The fourth-order valence-corrected chi connectivity index (χ4v) is 3.13. The second-order valence-electron chi connectivity index (χ2n) is 4.32. The molecule has 20 heavy (non-hydrogen) atoms. The van der Waals surface area contributed by atoms with E-state index in [2.05, 4.69) is 5.32 Å². The van der Waals surface area contributed by atoms with Crippen LogP contribution in [0.15, 0.2) is 24.3 Å². The first-order chi connectivity index (χ1) is 9.51. The molecule has 0 saturated carbocycles. The molecule has 0 spiro atoms. The molecule has 108 valence electrons. The standard InChI is InChI=1S/C14H13ClF3NS/c1-2-19-12(7-9-3-4-13(15)20-9)8-5-10(16)14(18)11(17)6-8/h3-6,12,19H,2,7H2,1H3. The molecule has 0 aliphatic heterocycles. The highest BCUT2D eigenvalue weighted by Gasteiger charge is 2.18. The summed E-state index contributed by atoms with van der Waals surface area (Å²) in [6.45, 7) is 2.52. The van der Waals surface area contributed by atoms with Crippen LogP contribution in [-0.2, 0) is 6.42 Å². The topological polar surface area (TPSA) is 12.0 Å². The molecule has 1 N–H and O–H groups in total. The van der Waals surface area contributed by atoms with E-state index in [-0.39, 0.29) is 6.04 Å². The number of nitrogens with one attached hydrogen (secondary N) is 1. The molecule has 2 rings (SSSR count). The van der Waals surface area contributed by atoms with Gasteiger partial charge in [0.25, 0.3) is 0 Å². The molecule has 1 aromatic carbocycles. The number of thiophene rings is 1. The van der Waals surface area contributed by atoms with Gasteiger partial charge in [0.1, 0.15) is 0 Å². The number of hydrogen-bond acceptors (Lipinski definition) is 2. The van der Waals surface area contributed by atoms with Gasteiger partial charge in [0.05, 0.1) is 4.34 Å². The van der Waals surface area contributed by atoms with Crippen molar-refractivity contribution in [3.8, 4) is 0 Å². The fraction of sp³-hybridized carbons (Fsp3) is 0.286. The molecule has 1 aromatic heterocycles. The van der Waals surface area contributed by atoms with Gasteiger partial charge in [-0.1, -0.05) is 18.5 Å². The summed E-state index contributed by atoms with van der Waals surface area (Å²) in [7, 11) is 0. The van der Waals surface area contributed by atoms with Gasteiger partial charge in [-0.15, -0.1) is 11.3 Å². The van der Waals surface area contributed by atoms with Gasteiger partial charge < -0.3 is 5.32 Å². The zero-order valence-electron chi connectivity index (χ0n) is 10.7. The van der Waals surface area contributed by atoms with E-state index in [1.807, 2.05) is 13.0 Å². The second kappa shape index (κ2) is 6.61. The van der Waals surface area contributed by atoms with Crippen molar-refractivity contribution in [1.82, 2.24) is 5.32 Å². The molecule has 6 heteroatoms. The lowest BCUT2D eigenvalue weighted by Crippen LogP contribution is -2.23. The number of halogens is 4. The minimum atomic E-state index is -1.44. The molecule has 0 fully saturated rings. The SMILES string of the molecule is CCNC(Cc1ccc(Cl)s1)c1cc(F)c(F)c(F)c1. The van der Waals surface area contributed by atoms with Crippen LogP contribution in [0.4, 0.5) is 13.2 Å². The van der Waals surface area contributed by atoms with Crippen molar-refractivity contribution in [2.24, 2.45) is 0 Å². The third-order valence-corrected chi connectivity index (χ3v) is 4.15. The molecule has 1 heterocycles. The maximum atomic E-state index is 13.3. The van der Waals surface area contributed by atoms with Crippen molar-refractivity contribution >= 4 is 22.9 Å². The van der Waals surface area contributed by atoms with E-state index in [4.69, 9.17) is 11.6 Å². The Hall–Kier alpha value is -1.04. The first kappa shape index (κ1) is 15.4. The van der Waals surface area contributed by atoms with Gasteiger partial charge in [-0.25, -0.2) is 13.2 Å². The number of hydrogen-bond donors (Lipinski definition) is 1. The molecule has 0 radical (unpaired) electrons. The predicted molar refractivity (Wildman–Crippen MR) is 75.8 cm³/mol. The van der Waals surface area contributed by atoms with Crippen LogP contribution in [0.3, 0.4) is 0 Å². The van der Waals surface area contributed by atoms with Crippen molar-refractivity contribution in [2.75, 3.05) is 6.54 Å². The Morgan fingerprint density at radius 2 is 1.85 bits per heavy atom. The van der Waals surface area contributed by atoms with E-state index in [0.29, 0.717) is 22.9 Å². The summed E-state index contributed by atoms with van der Waals surface area (Å²) >= 11 is 7.28. The molecule has 1 unspecified atom stereocenters. The Labute approximate surface area is 124 Å². The molecule has 1 nitrogen and oxygen atoms in total. The smallest absolute Gasteiger partial charge is 0.194 e. The Morgan fingerprint density at radius 3 is 2.35 bits per heavy atom. The lowest BCUT2D eigenvalue weighted by atomic mass is 10.0. The van der Waals surface area contributed by atoms with E-state index in [0.717, 1.165) is 17.0 Å². The average Bonchev–Trinajstić information content (AvgIpc) is 2.80. The van der Waals surface area contributed by atoms with Gasteiger partial charge in [-0.2, -0.15) is 0 Å². The predicted octanol–water partition coefficient (Wildman–Crippen LogP) is 4.71. The van der Waals surface area contributed by atoms with Gasteiger partial charge >= 0.3 is 0 Å². The van der Waals surface area contributed by atoms with Crippen molar-refractivity contribution in [3.05, 3.63) is 56.5 Å². The van der Waals surface area contributed by atoms with Crippen LogP contribution in [0, 0.1) is 17.5 Å². The highest BCUT2D eigenvalue weighted by molar-refractivity contribution is 7.16. The third-order valence-electron chi connectivity index (χ3n) is 2.89. The normalized spacial score (nSPS) is 12.7. The highest BCUT2D eigenvalue weighted by atomic mass is 35.5. The summed E-state index contributed by atoms with van der Waals surface area (Å²) in [5.41, 5.74) is 0.382. The van der Waals surface area contributed by atoms with E-state index in [9.17, 15) is 13.2 Å². The van der Waals surface area contributed by atoms with Gasteiger partial charge in [0.2, 0.25) is 0 Å². The van der Waals surface area contributed by atoms with Crippen LogP contribution in [0.25, 0.3) is 0 Å².